The number of carbonyl (C=O) groups excluding carboxylic acids is 2. The van der Waals surface area contributed by atoms with Crippen LogP contribution >= 0.6 is 0 Å². The van der Waals surface area contributed by atoms with Gasteiger partial charge in [0.2, 0.25) is 5.89 Å². The van der Waals surface area contributed by atoms with Gasteiger partial charge in [0.25, 0.3) is 0 Å². The summed E-state index contributed by atoms with van der Waals surface area (Å²) >= 11 is 0. The molecule has 0 aliphatic rings. The minimum Gasteiger partial charge on any atom is -0.469 e. The van der Waals surface area contributed by atoms with E-state index in [1.165, 1.54) is 33.5 Å². The Hall–Kier alpha value is -4.13. The van der Waals surface area contributed by atoms with Gasteiger partial charge in [0, 0.05) is 36.3 Å². The summed E-state index contributed by atoms with van der Waals surface area (Å²) in [7, 11) is 2.77. The molecule has 43 heavy (non-hydrogen) atoms. The van der Waals surface area contributed by atoms with Crippen molar-refractivity contribution in [2.75, 3.05) is 32.2 Å². The Balaban J connectivity index is 2.00. The Morgan fingerprint density at radius 2 is 1.81 bits per heavy atom. The lowest BCUT2D eigenvalue weighted by Gasteiger charge is -2.29. The van der Waals surface area contributed by atoms with E-state index < -0.39 is 0 Å². The second kappa shape index (κ2) is 17.1. The van der Waals surface area contributed by atoms with E-state index in [4.69, 9.17) is 13.9 Å². The third kappa shape index (κ3) is 9.70. The lowest BCUT2D eigenvalue weighted by Crippen LogP contribution is -2.26. The summed E-state index contributed by atoms with van der Waals surface area (Å²) in [6.07, 6.45) is 10.2. The number of hydrogen-bond donors (Lipinski definition) is 0. The van der Waals surface area contributed by atoms with Crippen molar-refractivity contribution < 1.29 is 23.5 Å². The average Bonchev–Trinajstić information content (AvgIpc) is 3.52. The van der Waals surface area contributed by atoms with Crippen molar-refractivity contribution in [3.63, 3.8) is 0 Å². The molecular weight excluding hydrogens is 540 g/mol. The van der Waals surface area contributed by atoms with Gasteiger partial charge in [-0.25, -0.2) is 9.78 Å². The first-order chi connectivity index (χ1) is 20.8. The number of oxazole rings is 1. The maximum absolute atomic E-state index is 12.6. The maximum Gasteiger partial charge on any atom is 0.337 e. The number of aromatic nitrogens is 1. The predicted molar refractivity (Wildman–Crippen MR) is 174 cm³/mol. The highest BCUT2D eigenvalue weighted by Crippen LogP contribution is 2.35. The van der Waals surface area contributed by atoms with Gasteiger partial charge < -0.3 is 18.8 Å². The minimum absolute atomic E-state index is 0.215. The standard InChI is InChI=1S/C36H46N2O5/c1-7-9-10-12-15-26(3)27(4)32-20-18-29(36(40)42-6)23-33(32)38(8-2)25-30(22-28-16-13-11-14-17-28)35-37-24-31(43-35)19-21-34(39)41-5/h11,13-14,16-18,20,22-24,26H,4,7-10,12,15,19,21,25H2,1-3,5-6H3/b30-22+. The molecule has 0 fully saturated rings. The van der Waals surface area contributed by atoms with Gasteiger partial charge in [-0.15, -0.1) is 0 Å². The average molecular weight is 587 g/mol. The number of esters is 2. The lowest BCUT2D eigenvalue weighted by atomic mass is 9.89. The van der Waals surface area contributed by atoms with E-state index in [9.17, 15) is 9.59 Å². The number of likely N-dealkylation sites (N-methyl/N-ethyl adjacent to an activating group) is 1. The maximum atomic E-state index is 12.6. The molecule has 0 radical (unpaired) electrons. The van der Waals surface area contributed by atoms with Crippen LogP contribution in [0.3, 0.4) is 0 Å². The SMILES string of the molecule is C=C(c1ccc(C(=O)OC)cc1N(CC)C/C(=C\c1ccccc1)c1ncc(CCC(=O)OC)o1)C(C)CCCCCC. The van der Waals surface area contributed by atoms with Crippen molar-refractivity contribution in [2.24, 2.45) is 5.92 Å². The molecule has 0 aliphatic heterocycles. The summed E-state index contributed by atoms with van der Waals surface area (Å²) in [5.74, 6) is 0.705. The lowest BCUT2D eigenvalue weighted by molar-refractivity contribution is -0.140. The molecule has 0 aliphatic carbocycles. The van der Waals surface area contributed by atoms with Gasteiger partial charge in [0.05, 0.1) is 32.4 Å². The first-order valence-electron chi connectivity index (χ1n) is 15.2. The van der Waals surface area contributed by atoms with Crippen LogP contribution in [0, 0.1) is 5.92 Å². The van der Waals surface area contributed by atoms with E-state index >= 15 is 0 Å². The first kappa shape index (κ1) is 33.4. The van der Waals surface area contributed by atoms with Crippen molar-refractivity contribution in [2.45, 2.75) is 65.7 Å². The molecular formula is C36H46N2O5. The zero-order valence-corrected chi connectivity index (χ0v) is 26.4. The number of nitrogens with zero attached hydrogens (tertiary/aromatic N) is 2. The number of anilines is 1. The Kier molecular flexibility index (Phi) is 13.3. The Morgan fingerprint density at radius 3 is 2.49 bits per heavy atom. The zero-order chi connectivity index (χ0) is 31.2. The van der Waals surface area contributed by atoms with Crippen molar-refractivity contribution in [1.29, 1.82) is 0 Å². The van der Waals surface area contributed by atoms with Crippen LogP contribution in [0.2, 0.25) is 0 Å². The summed E-state index contributed by atoms with van der Waals surface area (Å²) in [4.78, 5) is 31.1. The largest absolute Gasteiger partial charge is 0.469 e. The van der Waals surface area contributed by atoms with Crippen LogP contribution in [0.25, 0.3) is 17.2 Å². The fourth-order valence-electron chi connectivity index (χ4n) is 5.02. The third-order valence-electron chi connectivity index (χ3n) is 7.71. The molecule has 0 saturated carbocycles. The second-order valence-electron chi connectivity index (χ2n) is 10.8. The van der Waals surface area contributed by atoms with Crippen LogP contribution in [0.15, 0.2) is 65.7 Å². The normalized spacial score (nSPS) is 12.1. The third-order valence-corrected chi connectivity index (χ3v) is 7.71. The van der Waals surface area contributed by atoms with Crippen molar-refractivity contribution in [1.82, 2.24) is 4.98 Å². The molecule has 3 aromatic rings. The van der Waals surface area contributed by atoms with Crippen molar-refractivity contribution in [3.8, 4) is 0 Å². The molecule has 1 heterocycles. The number of ether oxygens (including phenoxy) is 2. The Labute approximate surface area is 256 Å². The fraction of sp³-hybridized carbons (Fsp3) is 0.417. The molecule has 230 valence electrons. The molecule has 7 nitrogen and oxygen atoms in total. The first-order valence-corrected chi connectivity index (χ1v) is 15.2. The number of rotatable bonds is 17. The molecule has 0 saturated heterocycles. The Morgan fingerprint density at radius 1 is 1.05 bits per heavy atom. The molecule has 0 spiro atoms. The van der Waals surface area contributed by atoms with Crippen LogP contribution in [-0.4, -0.2) is 44.2 Å². The van der Waals surface area contributed by atoms with Crippen LogP contribution < -0.4 is 4.90 Å². The number of hydrogen-bond acceptors (Lipinski definition) is 7. The summed E-state index contributed by atoms with van der Waals surface area (Å²) < 4.78 is 16.0. The van der Waals surface area contributed by atoms with Gasteiger partial charge in [-0.1, -0.05) is 82.5 Å². The molecule has 0 bridgehead atoms. The molecule has 1 atom stereocenters. The van der Waals surface area contributed by atoms with Gasteiger partial charge in [0.1, 0.15) is 5.76 Å². The summed E-state index contributed by atoms with van der Waals surface area (Å²) in [6.45, 7) is 12.2. The number of carbonyl (C=O) groups is 2. The molecule has 0 N–H and O–H groups in total. The van der Waals surface area contributed by atoms with Crippen LogP contribution in [0.5, 0.6) is 0 Å². The fourth-order valence-corrected chi connectivity index (χ4v) is 5.02. The highest BCUT2D eigenvalue weighted by molar-refractivity contribution is 5.93. The van der Waals surface area contributed by atoms with E-state index in [-0.39, 0.29) is 18.4 Å². The monoisotopic (exact) mass is 586 g/mol. The highest BCUT2D eigenvalue weighted by atomic mass is 16.5. The van der Waals surface area contributed by atoms with Crippen LogP contribution in [0.1, 0.15) is 92.4 Å². The van der Waals surface area contributed by atoms with Crippen LogP contribution in [0.4, 0.5) is 5.69 Å². The smallest absolute Gasteiger partial charge is 0.337 e. The Bertz CT molecular complexity index is 1380. The topological polar surface area (TPSA) is 81.9 Å². The van der Waals surface area contributed by atoms with Crippen molar-refractivity contribution in [3.05, 3.63) is 89.6 Å². The van der Waals surface area contributed by atoms with E-state index in [1.807, 2.05) is 48.5 Å². The number of methoxy groups -OCH3 is 2. The molecule has 0 amide bonds. The van der Waals surface area contributed by atoms with Crippen LogP contribution in [-0.2, 0) is 20.7 Å². The van der Waals surface area contributed by atoms with Gasteiger partial charge in [-0.3, -0.25) is 4.79 Å². The number of allylic oxidation sites excluding steroid dienone is 1. The van der Waals surface area contributed by atoms with E-state index in [0.29, 0.717) is 42.6 Å². The molecule has 1 unspecified atom stereocenters. The zero-order valence-electron chi connectivity index (χ0n) is 26.4. The molecule has 7 heteroatoms. The summed E-state index contributed by atoms with van der Waals surface area (Å²) in [5.41, 5.74) is 5.34. The number of unbranched alkanes of at least 4 members (excludes halogenated alkanes) is 3. The van der Waals surface area contributed by atoms with Crippen molar-refractivity contribution >= 4 is 34.8 Å². The molecule has 3 rings (SSSR count). The minimum atomic E-state index is -0.384. The predicted octanol–water partition coefficient (Wildman–Crippen LogP) is 8.25. The molecule has 2 aromatic carbocycles. The van der Waals surface area contributed by atoms with Gasteiger partial charge in [-0.2, -0.15) is 0 Å². The van der Waals surface area contributed by atoms with Gasteiger partial charge in [-0.05, 0) is 48.6 Å². The quantitative estimate of drug-likeness (QED) is 0.116. The number of aryl methyl sites for hydroxylation is 1. The van der Waals surface area contributed by atoms with Gasteiger partial charge >= 0.3 is 11.9 Å². The second-order valence-corrected chi connectivity index (χ2v) is 10.8. The highest BCUT2D eigenvalue weighted by Gasteiger charge is 2.21. The number of benzene rings is 2. The molecule has 1 aromatic heterocycles. The van der Waals surface area contributed by atoms with E-state index in [1.54, 1.807) is 6.20 Å². The van der Waals surface area contributed by atoms with E-state index in [2.05, 4.69) is 43.3 Å². The summed E-state index contributed by atoms with van der Waals surface area (Å²) in [6, 6.07) is 15.7. The summed E-state index contributed by atoms with van der Waals surface area (Å²) in [5, 5.41) is 0. The van der Waals surface area contributed by atoms with Gasteiger partial charge in [0.15, 0.2) is 0 Å². The van der Waals surface area contributed by atoms with E-state index in [0.717, 1.165) is 40.8 Å².